The van der Waals surface area contributed by atoms with Crippen LogP contribution in [0.15, 0.2) is 60.7 Å². The number of nitrogens with one attached hydrogen (secondary N) is 4. The first-order valence-electron chi connectivity index (χ1n) is 9.32. The molecule has 148 valence electrons. The molecule has 0 aromatic carbocycles. The Morgan fingerprint density at radius 1 is 1.00 bits per heavy atom. The van der Waals surface area contributed by atoms with Gasteiger partial charge in [0.2, 0.25) is 0 Å². The van der Waals surface area contributed by atoms with Crippen LogP contribution < -0.4 is 10.9 Å². The van der Waals surface area contributed by atoms with E-state index < -0.39 is 0 Å². The largest absolute Gasteiger partial charge is 0.309 e. The van der Waals surface area contributed by atoms with Gasteiger partial charge < -0.3 is 21.7 Å². The summed E-state index contributed by atoms with van der Waals surface area (Å²) in [4.78, 5) is 3.93. The molecular weight excluding hydrogens is 334 g/mol. The van der Waals surface area contributed by atoms with Crippen LogP contribution in [-0.4, -0.2) is 16.9 Å². The van der Waals surface area contributed by atoms with E-state index in [1.807, 2.05) is 50.8 Å². The van der Waals surface area contributed by atoms with Crippen molar-refractivity contribution < 1.29 is 0 Å². The van der Waals surface area contributed by atoms with Crippen LogP contribution in [0.1, 0.15) is 53.0 Å². The third-order valence-electron chi connectivity index (χ3n) is 3.71. The topological polar surface area (TPSA) is 84.7 Å². The lowest BCUT2D eigenvalue weighted by Gasteiger charge is -2.12. The fourth-order valence-corrected chi connectivity index (χ4v) is 1.81. The maximum Gasteiger partial charge on any atom is 0.0339 e. The molecule has 1 aromatic heterocycles. The van der Waals surface area contributed by atoms with E-state index in [4.69, 9.17) is 10.8 Å². The van der Waals surface area contributed by atoms with Crippen molar-refractivity contribution in [2.75, 3.05) is 0 Å². The van der Waals surface area contributed by atoms with E-state index in [0.717, 1.165) is 0 Å². The lowest BCUT2D eigenvalue weighted by Crippen LogP contribution is -2.24. The Labute approximate surface area is 164 Å². The molecule has 5 heteroatoms. The number of pyridine rings is 1. The molecule has 4 N–H and O–H groups in total. The van der Waals surface area contributed by atoms with Crippen LogP contribution in [0, 0.1) is 22.7 Å². The molecule has 0 radical (unpaired) electrons. The minimum atomic E-state index is 0.265. The van der Waals surface area contributed by atoms with Gasteiger partial charge in [-0.05, 0) is 59.3 Å². The minimum Gasteiger partial charge on any atom is -0.309 e. The molecule has 2 heterocycles. The molecule has 0 spiro atoms. The van der Waals surface area contributed by atoms with Crippen LogP contribution in [-0.2, 0) is 0 Å². The van der Waals surface area contributed by atoms with Crippen molar-refractivity contribution in [2.24, 2.45) is 11.8 Å². The average Bonchev–Trinajstić information content (AvgIpc) is 2.68. The second-order valence-electron chi connectivity index (χ2n) is 6.99. The monoisotopic (exact) mass is 369 g/mol. The highest BCUT2D eigenvalue weighted by molar-refractivity contribution is 5.96. The fourth-order valence-electron chi connectivity index (χ4n) is 1.81. The summed E-state index contributed by atoms with van der Waals surface area (Å²) in [5, 5.41) is 13.9. The van der Waals surface area contributed by atoms with Gasteiger partial charge in [-0.3, -0.25) is 4.98 Å². The van der Waals surface area contributed by atoms with Crippen molar-refractivity contribution in [1.29, 1.82) is 10.8 Å². The second-order valence-corrected chi connectivity index (χ2v) is 6.99. The van der Waals surface area contributed by atoms with E-state index in [2.05, 4.69) is 49.6 Å². The zero-order chi connectivity index (χ0) is 20.7. The summed E-state index contributed by atoms with van der Waals surface area (Å²) in [6.07, 6.45) is 14.0. The van der Waals surface area contributed by atoms with Crippen LogP contribution >= 0.6 is 0 Å². The summed E-state index contributed by atoms with van der Waals surface area (Å²) in [5.41, 5.74) is 9.03. The number of aromatic nitrogens is 1. The van der Waals surface area contributed by atoms with Gasteiger partial charge in [-0.1, -0.05) is 41.5 Å². The predicted molar refractivity (Wildman–Crippen MR) is 117 cm³/mol. The van der Waals surface area contributed by atoms with Gasteiger partial charge in [-0.25, -0.2) is 0 Å². The first-order chi connectivity index (χ1) is 12.8. The van der Waals surface area contributed by atoms with Crippen LogP contribution in [0.25, 0.3) is 0 Å². The third kappa shape index (κ3) is 12.3. The lowest BCUT2D eigenvalue weighted by molar-refractivity contribution is 0.707. The molecule has 5 nitrogen and oxygen atoms in total. The molecule has 0 fully saturated rings. The number of hydrogen-bond acceptors (Lipinski definition) is 5. The average molecular weight is 370 g/mol. The quantitative estimate of drug-likeness (QED) is 0.537. The Kier molecular flexibility index (Phi) is 13.0. The standard InChI is InChI=1S/C8H11N.2C7H12N2/c1-7(2)8-3-5-9-6-4-8;1-6(2)7-3-4-8-9-5-7;1-6(2)7(9)4-3-5-8/h3-7H,1-2H3;2*3-6,8-9H,1-2H3/b;;4-3-,8-5?,9-7?. The normalized spacial score (nSPS) is 12.4. The lowest BCUT2D eigenvalue weighted by atomic mass is 10.0. The molecule has 0 atom stereocenters. The van der Waals surface area contributed by atoms with Crippen LogP contribution in [0.3, 0.4) is 0 Å². The molecule has 0 unspecified atom stereocenters. The summed E-state index contributed by atoms with van der Waals surface area (Å²) in [6, 6.07) is 4.09. The van der Waals surface area contributed by atoms with Crippen molar-refractivity contribution in [3.8, 4) is 0 Å². The molecule has 1 aliphatic heterocycles. The highest BCUT2D eigenvalue weighted by Gasteiger charge is 1.99. The predicted octanol–water partition coefficient (Wildman–Crippen LogP) is 5.22. The number of allylic oxidation sites excluding steroid dienone is 4. The Morgan fingerprint density at radius 2 is 1.63 bits per heavy atom. The Morgan fingerprint density at radius 3 is 1.96 bits per heavy atom. The number of nitrogens with zero attached hydrogens (tertiary/aromatic N) is 1. The summed E-state index contributed by atoms with van der Waals surface area (Å²) >= 11 is 0. The molecule has 0 bridgehead atoms. The van der Waals surface area contributed by atoms with Crippen LogP contribution in [0.4, 0.5) is 0 Å². The van der Waals surface area contributed by atoms with E-state index in [1.165, 1.54) is 17.4 Å². The van der Waals surface area contributed by atoms with Crippen LogP contribution in [0.5, 0.6) is 0 Å². The van der Waals surface area contributed by atoms with Gasteiger partial charge in [-0.15, -0.1) is 0 Å². The maximum atomic E-state index is 7.26. The Hall–Kier alpha value is -2.69. The SMILES string of the molecule is CC(C)C(=N)/C=C\C=N.CC(C)C1=CNNC=C1.CC(C)c1ccncc1. The van der Waals surface area contributed by atoms with Crippen LogP contribution in [0.2, 0.25) is 0 Å². The van der Waals surface area contributed by atoms with Gasteiger partial charge >= 0.3 is 0 Å². The first kappa shape index (κ1) is 24.3. The maximum absolute atomic E-state index is 7.26. The summed E-state index contributed by atoms with van der Waals surface area (Å²) < 4.78 is 0. The number of hydrogen-bond donors (Lipinski definition) is 4. The van der Waals surface area contributed by atoms with E-state index in [9.17, 15) is 0 Å². The molecular formula is C22H35N5. The third-order valence-corrected chi connectivity index (χ3v) is 3.71. The van der Waals surface area contributed by atoms with Gasteiger partial charge in [0.05, 0.1) is 0 Å². The minimum absolute atomic E-state index is 0.265. The van der Waals surface area contributed by atoms with Crippen molar-refractivity contribution in [1.82, 2.24) is 15.8 Å². The molecule has 1 aliphatic rings. The van der Waals surface area contributed by atoms with Gasteiger partial charge in [-0.2, -0.15) is 0 Å². The molecule has 2 rings (SSSR count). The second kappa shape index (κ2) is 14.5. The van der Waals surface area contributed by atoms with Gasteiger partial charge in [0, 0.05) is 36.7 Å². The molecule has 1 aromatic rings. The van der Waals surface area contributed by atoms with Crippen molar-refractivity contribution in [3.63, 3.8) is 0 Å². The van der Waals surface area contributed by atoms with Crippen molar-refractivity contribution >= 4 is 11.9 Å². The summed E-state index contributed by atoms with van der Waals surface area (Å²) in [7, 11) is 0. The van der Waals surface area contributed by atoms with E-state index in [1.54, 1.807) is 12.2 Å². The Balaban J connectivity index is 0.000000376. The Bertz CT molecular complexity index is 625. The molecule has 0 aliphatic carbocycles. The van der Waals surface area contributed by atoms with E-state index in [0.29, 0.717) is 17.5 Å². The molecule has 0 saturated heterocycles. The zero-order valence-corrected chi connectivity index (χ0v) is 17.5. The highest BCUT2D eigenvalue weighted by atomic mass is 15.3. The number of hydrazine groups is 1. The number of rotatable bonds is 5. The zero-order valence-electron chi connectivity index (χ0n) is 17.5. The molecule has 0 amide bonds. The first-order valence-corrected chi connectivity index (χ1v) is 9.32. The smallest absolute Gasteiger partial charge is 0.0339 e. The van der Waals surface area contributed by atoms with Gasteiger partial charge in [0.15, 0.2) is 0 Å². The summed E-state index contributed by atoms with van der Waals surface area (Å²) in [6.45, 7) is 12.6. The fraction of sp³-hybridized carbons (Fsp3) is 0.409. The van der Waals surface area contributed by atoms with E-state index in [-0.39, 0.29) is 5.92 Å². The van der Waals surface area contributed by atoms with E-state index >= 15 is 0 Å². The van der Waals surface area contributed by atoms with Crippen molar-refractivity contribution in [2.45, 2.75) is 47.5 Å². The highest BCUT2D eigenvalue weighted by Crippen LogP contribution is 2.11. The molecule has 27 heavy (non-hydrogen) atoms. The summed E-state index contributed by atoms with van der Waals surface area (Å²) in [5.74, 6) is 1.49. The van der Waals surface area contributed by atoms with Gasteiger partial charge in [0.1, 0.15) is 0 Å². The van der Waals surface area contributed by atoms with Crippen molar-refractivity contribution in [3.05, 3.63) is 66.3 Å². The van der Waals surface area contributed by atoms with Gasteiger partial charge in [0.25, 0.3) is 0 Å². The molecule has 0 saturated carbocycles.